The van der Waals surface area contributed by atoms with Crippen LogP contribution in [0.2, 0.25) is 0 Å². The average molecular weight is 244 g/mol. The van der Waals surface area contributed by atoms with Crippen LogP contribution >= 0.6 is 0 Å². The minimum absolute atomic E-state index is 0.182. The van der Waals surface area contributed by atoms with Crippen molar-refractivity contribution in [3.63, 3.8) is 0 Å². The van der Waals surface area contributed by atoms with Gasteiger partial charge in [-0.3, -0.25) is 0 Å². The molecule has 1 saturated heterocycles. The zero-order chi connectivity index (χ0) is 13.1. The Balaban J connectivity index is 2.48. The van der Waals surface area contributed by atoms with Gasteiger partial charge in [-0.05, 0) is 47.0 Å². The molecule has 4 heteroatoms. The van der Waals surface area contributed by atoms with Crippen LogP contribution in [0.5, 0.6) is 0 Å². The summed E-state index contributed by atoms with van der Waals surface area (Å²) in [5.41, 5.74) is -0.679. The Morgan fingerprint density at radius 1 is 1.12 bits per heavy atom. The third kappa shape index (κ3) is 3.91. The lowest BCUT2D eigenvalue weighted by atomic mass is 9.80. The number of rotatable bonds is 5. The molecule has 0 unspecified atom stereocenters. The van der Waals surface area contributed by atoms with E-state index in [9.17, 15) is 5.21 Å². The first-order valence-electron chi connectivity index (χ1n) is 6.37. The van der Waals surface area contributed by atoms with Gasteiger partial charge in [-0.15, -0.1) is 10.3 Å². The van der Waals surface area contributed by atoms with E-state index in [0.717, 1.165) is 25.9 Å². The van der Waals surface area contributed by atoms with Crippen molar-refractivity contribution >= 4 is 0 Å². The van der Waals surface area contributed by atoms with Crippen molar-refractivity contribution in [3.8, 4) is 0 Å². The van der Waals surface area contributed by atoms with Gasteiger partial charge < -0.3 is 9.47 Å². The van der Waals surface area contributed by atoms with Gasteiger partial charge >= 0.3 is 0 Å². The van der Waals surface area contributed by atoms with E-state index < -0.39 is 0 Å². The van der Waals surface area contributed by atoms with Gasteiger partial charge in [-0.2, -0.15) is 0 Å². The Morgan fingerprint density at radius 3 is 2.12 bits per heavy atom. The molecule has 0 N–H and O–H groups in total. The van der Waals surface area contributed by atoms with Gasteiger partial charge in [0.1, 0.15) is 0 Å². The smallest absolute Gasteiger partial charge is 0.0611 e. The molecule has 0 saturated carbocycles. The summed E-state index contributed by atoms with van der Waals surface area (Å²) in [6, 6.07) is 0. The van der Waals surface area contributed by atoms with Crippen LogP contribution in [-0.4, -0.2) is 42.6 Å². The molecule has 0 aromatic carbocycles. The molecule has 1 aliphatic heterocycles. The summed E-state index contributed by atoms with van der Waals surface area (Å²) >= 11 is 0. The zero-order valence-corrected chi connectivity index (χ0v) is 11.8. The summed E-state index contributed by atoms with van der Waals surface area (Å²) in [4.78, 5) is 0. The second kappa shape index (κ2) is 5.65. The van der Waals surface area contributed by atoms with Gasteiger partial charge in [0, 0.05) is 31.4 Å². The summed E-state index contributed by atoms with van der Waals surface area (Å²) in [6.07, 6.45) is 2.69. The highest BCUT2D eigenvalue weighted by Crippen LogP contribution is 2.38. The maximum atomic E-state index is 12.1. The van der Waals surface area contributed by atoms with Crippen LogP contribution in [0.25, 0.3) is 0 Å². The number of methoxy groups -OCH3 is 1. The van der Waals surface area contributed by atoms with Gasteiger partial charge in [-0.1, -0.05) is 0 Å². The monoisotopic (exact) mass is 244 g/mol. The van der Waals surface area contributed by atoms with Gasteiger partial charge in [0.15, 0.2) is 0 Å². The molecule has 1 heterocycles. The van der Waals surface area contributed by atoms with Crippen molar-refractivity contribution in [1.29, 1.82) is 0 Å². The molecule has 0 aliphatic carbocycles. The molecule has 0 atom stereocenters. The van der Waals surface area contributed by atoms with Crippen molar-refractivity contribution in [2.75, 3.05) is 20.3 Å². The summed E-state index contributed by atoms with van der Waals surface area (Å²) in [5.74, 6) is 0. The normalized spacial score (nSPS) is 25.1. The van der Waals surface area contributed by atoms with E-state index in [1.165, 1.54) is 5.06 Å². The Labute approximate surface area is 105 Å². The number of hydrogen-bond donors (Lipinski definition) is 0. The number of hydrogen-bond acceptors (Lipinski definition) is 3. The molecule has 1 aliphatic rings. The number of piperidine rings is 1. The third-order valence-electron chi connectivity index (χ3n) is 3.40. The average Bonchev–Trinajstić information content (AvgIpc) is 2.20. The van der Waals surface area contributed by atoms with Crippen LogP contribution in [0.3, 0.4) is 0 Å². The summed E-state index contributed by atoms with van der Waals surface area (Å²) in [5, 5.41) is 13.4. The highest BCUT2D eigenvalue weighted by Gasteiger charge is 2.46. The van der Waals surface area contributed by atoms with Gasteiger partial charge in [0.25, 0.3) is 0 Å². The van der Waals surface area contributed by atoms with Crippen molar-refractivity contribution in [2.45, 2.75) is 64.1 Å². The van der Waals surface area contributed by atoms with E-state index in [0.29, 0.717) is 6.61 Å². The molecule has 4 nitrogen and oxygen atoms in total. The lowest BCUT2D eigenvalue weighted by Gasteiger charge is -2.49. The van der Waals surface area contributed by atoms with E-state index in [1.54, 1.807) is 7.11 Å². The summed E-state index contributed by atoms with van der Waals surface area (Å²) in [7, 11) is 1.70. The maximum Gasteiger partial charge on any atom is 0.0611 e. The fourth-order valence-electron chi connectivity index (χ4n) is 2.74. The van der Waals surface area contributed by atoms with E-state index in [1.807, 2.05) is 27.7 Å². The highest BCUT2D eigenvalue weighted by atomic mass is 16.5. The van der Waals surface area contributed by atoms with Crippen LogP contribution < -0.4 is 0 Å². The predicted molar refractivity (Wildman–Crippen MR) is 66.2 cm³/mol. The van der Waals surface area contributed by atoms with E-state index in [4.69, 9.17) is 9.47 Å². The Kier molecular flexibility index (Phi) is 4.95. The second-order valence-corrected chi connectivity index (χ2v) is 6.17. The molecule has 1 radical (unpaired) electrons. The quantitative estimate of drug-likeness (QED) is 0.697. The summed E-state index contributed by atoms with van der Waals surface area (Å²) in [6.45, 7) is 9.41. The fourth-order valence-corrected chi connectivity index (χ4v) is 2.74. The van der Waals surface area contributed by atoms with Crippen LogP contribution in [0.15, 0.2) is 0 Å². The van der Waals surface area contributed by atoms with Crippen LogP contribution in [0.4, 0.5) is 0 Å². The molecule has 0 bridgehead atoms. The molecule has 0 spiro atoms. The Bertz CT molecular complexity index is 223. The van der Waals surface area contributed by atoms with E-state index in [2.05, 4.69) is 0 Å². The topological polar surface area (TPSA) is 41.6 Å². The molecule has 0 aromatic rings. The lowest BCUT2D eigenvalue weighted by molar-refractivity contribution is -0.301. The maximum absolute atomic E-state index is 12.1. The Morgan fingerprint density at radius 2 is 1.65 bits per heavy atom. The van der Waals surface area contributed by atoms with Crippen LogP contribution in [0, 0.1) is 0 Å². The van der Waals surface area contributed by atoms with Gasteiger partial charge in [0.05, 0.1) is 6.10 Å². The molecule has 1 fully saturated rings. The molecule has 0 aromatic heterocycles. The molecule has 1 rings (SSSR count). The SMILES string of the molecule is COCCCOC1CC(C)(C)N([O])C(C)(C)C1. The summed E-state index contributed by atoms with van der Waals surface area (Å²) < 4.78 is 10.9. The van der Waals surface area contributed by atoms with Gasteiger partial charge in [-0.25, -0.2) is 0 Å². The van der Waals surface area contributed by atoms with Crippen LogP contribution in [0.1, 0.15) is 47.0 Å². The van der Waals surface area contributed by atoms with Crippen molar-refractivity contribution < 1.29 is 14.7 Å². The predicted octanol–water partition coefficient (Wildman–Crippen LogP) is 2.41. The first kappa shape index (κ1) is 14.9. The molecule has 17 heavy (non-hydrogen) atoms. The molecule has 101 valence electrons. The standard InChI is InChI=1S/C13H26NO3/c1-12(2)9-11(17-8-6-7-16-5)10-13(3,4)14(12)15/h11H,6-10H2,1-5H3. The van der Waals surface area contributed by atoms with E-state index >= 15 is 0 Å². The fraction of sp³-hybridized carbons (Fsp3) is 1.00. The largest absolute Gasteiger partial charge is 0.385 e. The van der Waals surface area contributed by atoms with Crippen molar-refractivity contribution in [2.24, 2.45) is 0 Å². The second-order valence-electron chi connectivity index (χ2n) is 6.17. The highest BCUT2D eigenvalue weighted by molar-refractivity contribution is 4.96. The number of hydroxylamine groups is 2. The van der Waals surface area contributed by atoms with Crippen LogP contribution in [-0.2, 0) is 14.7 Å². The van der Waals surface area contributed by atoms with Crippen molar-refractivity contribution in [1.82, 2.24) is 5.06 Å². The van der Waals surface area contributed by atoms with Gasteiger partial charge in [0.2, 0.25) is 0 Å². The molecular formula is C13H26NO3. The number of ether oxygens (including phenoxy) is 2. The zero-order valence-electron chi connectivity index (χ0n) is 11.8. The first-order chi connectivity index (χ1) is 7.79. The third-order valence-corrected chi connectivity index (χ3v) is 3.40. The lowest BCUT2D eigenvalue weighted by Crippen LogP contribution is -2.59. The molecule has 0 amide bonds. The van der Waals surface area contributed by atoms with E-state index in [-0.39, 0.29) is 17.2 Å². The Hall–Kier alpha value is -0.160. The first-order valence-corrected chi connectivity index (χ1v) is 6.37. The minimum atomic E-state index is -0.340. The number of nitrogens with zero attached hydrogens (tertiary/aromatic N) is 1. The van der Waals surface area contributed by atoms with Crippen molar-refractivity contribution in [3.05, 3.63) is 0 Å². The molecular weight excluding hydrogens is 218 g/mol. The minimum Gasteiger partial charge on any atom is -0.385 e.